The second-order valence-corrected chi connectivity index (χ2v) is 4.24. The fourth-order valence-electron chi connectivity index (χ4n) is 2.09. The molecule has 1 aliphatic rings. The Hall–Kier alpha value is -0.530. The Morgan fingerprint density at radius 2 is 1.75 bits per heavy atom. The van der Waals surface area contributed by atoms with Gasteiger partial charge in [0.15, 0.2) is 0 Å². The summed E-state index contributed by atoms with van der Waals surface area (Å²) in [5.74, 6) is 0.810. The monoisotopic (exact) mass is 170 g/mol. The Balaban J connectivity index is 2.81. The number of rotatable bonds is 2. The molecule has 0 aliphatic carbocycles. The van der Waals surface area contributed by atoms with Crippen molar-refractivity contribution in [3.05, 3.63) is 0 Å². The summed E-state index contributed by atoms with van der Waals surface area (Å²) < 4.78 is 5.43. The molecule has 0 N–H and O–H groups in total. The first-order chi connectivity index (χ1) is 5.49. The number of carbonyl (C=O) groups is 1. The molecule has 12 heavy (non-hydrogen) atoms. The molecule has 1 heterocycles. The van der Waals surface area contributed by atoms with E-state index in [1.165, 1.54) is 0 Å². The van der Waals surface area contributed by atoms with Crippen LogP contribution in [0.3, 0.4) is 0 Å². The van der Waals surface area contributed by atoms with E-state index in [-0.39, 0.29) is 11.6 Å². The molecule has 0 saturated carbocycles. The highest BCUT2D eigenvalue weighted by molar-refractivity contribution is 5.72. The van der Waals surface area contributed by atoms with Crippen molar-refractivity contribution in [2.24, 2.45) is 11.8 Å². The number of cyclic esters (lactones) is 1. The fourth-order valence-corrected chi connectivity index (χ4v) is 2.09. The highest BCUT2D eigenvalue weighted by atomic mass is 16.6. The molecule has 0 amide bonds. The van der Waals surface area contributed by atoms with Crippen LogP contribution in [-0.2, 0) is 9.53 Å². The maximum absolute atomic E-state index is 11.0. The van der Waals surface area contributed by atoms with Crippen molar-refractivity contribution in [3.63, 3.8) is 0 Å². The van der Waals surface area contributed by atoms with Crippen molar-refractivity contribution in [3.8, 4) is 0 Å². The molecule has 1 rings (SSSR count). The van der Waals surface area contributed by atoms with Crippen LogP contribution in [0.25, 0.3) is 0 Å². The predicted molar refractivity (Wildman–Crippen MR) is 47.7 cm³/mol. The van der Waals surface area contributed by atoms with Crippen molar-refractivity contribution < 1.29 is 9.53 Å². The van der Waals surface area contributed by atoms with E-state index in [1.807, 2.05) is 0 Å². The van der Waals surface area contributed by atoms with Gasteiger partial charge >= 0.3 is 5.97 Å². The molecule has 1 saturated heterocycles. The molecule has 2 nitrogen and oxygen atoms in total. The predicted octanol–water partition coefficient (Wildman–Crippen LogP) is 2.37. The molecule has 0 atom stereocenters. The lowest BCUT2D eigenvalue weighted by Gasteiger charge is -2.35. The van der Waals surface area contributed by atoms with Gasteiger partial charge in [-0.25, -0.2) is 0 Å². The highest BCUT2D eigenvalue weighted by Gasteiger charge is 2.45. The van der Waals surface area contributed by atoms with Gasteiger partial charge in [0.1, 0.15) is 5.60 Å². The van der Waals surface area contributed by atoms with Gasteiger partial charge < -0.3 is 4.74 Å². The normalized spacial score (nSPS) is 22.0. The molecule has 2 heteroatoms. The van der Waals surface area contributed by atoms with Crippen molar-refractivity contribution >= 4 is 5.97 Å². The average molecular weight is 170 g/mol. The van der Waals surface area contributed by atoms with Crippen LogP contribution < -0.4 is 0 Å². The van der Waals surface area contributed by atoms with Gasteiger partial charge in [-0.05, 0) is 18.3 Å². The maximum Gasteiger partial charge on any atom is 0.306 e. The first kappa shape index (κ1) is 9.56. The molecule has 1 aliphatic heterocycles. The van der Waals surface area contributed by atoms with Gasteiger partial charge in [-0.15, -0.1) is 0 Å². The summed E-state index contributed by atoms with van der Waals surface area (Å²) in [7, 11) is 0. The lowest BCUT2D eigenvalue weighted by Crippen LogP contribution is -2.40. The number of hydrogen-bond acceptors (Lipinski definition) is 2. The SMILES string of the molecule is CC(C)C1(C(C)C)CCC(=O)O1. The second-order valence-electron chi connectivity index (χ2n) is 4.24. The number of ether oxygens (including phenoxy) is 1. The van der Waals surface area contributed by atoms with E-state index in [0.29, 0.717) is 18.3 Å². The largest absolute Gasteiger partial charge is 0.458 e. The zero-order chi connectivity index (χ0) is 9.35. The van der Waals surface area contributed by atoms with Crippen LogP contribution in [0, 0.1) is 11.8 Å². The van der Waals surface area contributed by atoms with E-state index < -0.39 is 0 Å². The second kappa shape index (κ2) is 3.08. The molecule has 0 aromatic carbocycles. The van der Waals surface area contributed by atoms with Gasteiger partial charge in [0.25, 0.3) is 0 Å². The summed E-state index contributed by atoms with van der Waals surface area (Å²) in [5, 5.41) is 0. The summed E-state index contributed by atoms with van der Waals surface area (Å²) in [6.07, 6.45) is 1.48. The molecular formula is C10H18O2. The zero-order valence-electron chi connectivity index (χ0n) is 8.39. The number of carbonyl (C=O) groups excluding carboxylic acids is 1. The first-order valence-electron chi connectivity index (χ1n) is 4.71. The smallest absolute Gasteiger partial charge is 0.306 e. The number of esters is 1. The van der Waals surface area contributed by atoms with Crippen LogP contribution in [-0.4, -0.2) is 11.6 Å². The van der Waals surface area contributed by atoms with Crippen molar-refractivity contribution in [2.75, 3.05) is 0 Å². The zero-order valence-corrected chi connectivity index (χ0v) is 8.39. The Labute approximate surface area is 74.3 Å². The summed E-state index contributed by atoms with van der Waals surface area (Å²) >= 11 is 0. The van der Waals surface area contributed by atoms with Crippen LogP contribution in [0.1, 0.15) is 40.5 Å². The fraction of sp³-hybridized carbons (Fsp3) is 0.900. The van der Waals surface area contributed by atoms with Gasteiger partial charge in [0.2, 0.25) is 0 Å². The molecule has 0 spiro atoms. The van der Waals surface area contributed by atoms with Crippen LogP contribution in [0.2, 0.25) is 0 Å². The third-order valence-electron chi connectivity index (χ3n) is 2.98. The highest BCUT2D eigenvalue weighted by Crippen LogP contribution is 2.39. The Morgan fingerprint density at radius 1 is 1.25 bits per heavy atom. The Bertz CT molecular complexity index is 174. The molecule has 0 aromatic heterocycles. The van der Waals surface area contributed by atoms with Gasteiger partial charge in [-0.2, -0.15) is 0 Å². The minimum absolute atomic E-state index is 0.0302. The quantitative estimate of drug-likeness (QED) is 0.595. The lowest BCUT2D eigenvalue weighted by atomic mass is 9.78. The molecule has 0 radical (unpaired) electrons. The van der Waals surface area contributed by atoms with Crippen molar-refractivity contribution in [2.45, 2.75) is 46.1 Å². The first-order valence-corrected chi connectivity index (χ1v) is 4.71. The van der Waals surface area contributed by atoms with Crippen molar-refractivity contribution in [1.29, 1.82) is 0 Å². The van der Waals surface area contributed by atoms with Gasteiger partial charge in [-0.3, -0.25) is 4.79 Å². The number of hydrogen-bond donors (Lipinski definition) is 0. The van der Waals surface area contributed by atoms with E-state index >= 15 is 0 Å². The van der Waals surface area contributed by atoms with E-state index in [0.717, 1.165) is 6.42 Å². The topological polar surface area (TPSA) is 26.3 Å². The van der Waals surface area contributed by atoms with E-state index in [4.69, 9.17) is 4.74 Å². The van der Waals surface area contributed by atoms with Gasteiger partial charge in [0.05, 0.1) is 0 Å². The molecular weight excluding hydrogens is 152 g/mol. The summed E-state index contributed by atoms with van der Waals surface area (Å²) in [4.78, 5) is 11.0. The minimum Gasteiger partial charge on any atom is -0.458 e. The van der Waals surface area contributed by atoms with Crippen LogP contribution in [0.15, 0.2) is 0 Å². The molecule has 0 bridgehead atoms. The molecule has 0 aromatic rings. The van der Waals surface area contributed by atoms with Gasteiger partial charge in [-0.1, -0.05) is 27.7 Å². The Kier molecular flexibility index (Phi) is 2.45. The summed E-state index contributed by atoms with van der Waals surface area (Å²) in [5.41, 5.74) is -0.183. The van der Waals surface area contributed by atoms with E-state index in [1.54, 1.807) is 0 Å². The van der Waals surface area contributed by atoms with Crippen LogP contribution in [0.5, 0.6) is 0 Å². The summed E-state index contributed by atoms with van der Waals surface area (Å²) in [6, 6.07) is 0. The third-order valence-corrected chi connectivity index (χ3v) is 2.98. The Morgan fingerprint density at radius 3 is 1.92 bits per heavy atom. The summed E-state index contributed by atoms with van der Waals surface area (Å²) in [6.45, 7) is 8.49. The standard InChI is InChI=1S/C10H18O2/c1-7(2)10(8(3)4)6-5-9(11)12-10/h7-8H,5-6H2,1-4H3. The lowest BCUT2D eigenvalue weighted by molar-refractivity contribution is -0.156. The molecule has 1 fully saturated rings. The molecule has 0 unspecified atom stereocenters. The van der Waals surface area contributed by atoms with E-state index in [2.05, 4.69) is 27.7 Å². The van der Waals surface area contributed by atoms with Crippen LogP contribution >= 0.6 is 0 Å². The van der Waals surface area contributed by atoms with Crippen LogP contribution in [0.4, 0.5) is 0 Å². The maximum atomic E-state index is 11.0. The van der Waals surface area contributed by atoms with Gasteiger partial charge in [0, 0.05) is 6.42 Å². The van der Waals surface area contributed by atoms with Crippen molar-refractivity contribution in [1.82, 2.24) is 0 Å². The molecule has 70 valence electrons. The minimum atomic E-state index is -0.183. The third kappa shape index (κ3) is 1.35. The average Bonchev–Trinajstić information content (AvgIpc) is 2.32. The van der Waals surface area contributed by atoms with E-state index in [9.17, 15) is 4.79 Å².